The molecular weight excluding hydrogens is 294 g/mol. The van der Waals surface area contributed by atoms with E-state index >= 15 is 0 Å². The van der Waals surface area contributed by atoms with E-state index in [4.69, 9.17) is 0 Å². The van der Waals surface area contributed by atoms with E-state index in [0.29, 0.717) is 0 Å². The lowest BCUT2D eigenvalue weighted by Crippen LogP contribution is -2.01. The molecule has 0 atom stereocenters. The minimum atomic E-state index is -3.76. The largest absolute Gasteiger partial charge is 0.349 e. The second-order valence-corrected chi connectivity index (χ2v) is 5.60. The molecule has 2 rings (SSSR count). The molecule has 2 aliphatic heterocycles. The SMILES string of the molecule is O=S1(=O)C=CC=C(F)O1.O=S1(=O)C=CC=C(F)O1. The fourth-order valence-electron chi connectivity index (χ4n) is 0.755. The summed E-state index contributed by atoms with van der Waals surface area (Å²) in [6, 6.07) is -2.20. The van der Waals surface area contributed by atoms with Crippen LogP contribution in [0.5, 0.6) is 0 Å². The van der Waals surface area contributed by atoms with E-state index in [-0.39, 0.29) is 0 Å². The van der Waals surface area contributed by atoms with E-state index in [1.165, 1.54) is 0 Å². The Bertz CT molecular complexity index is 581. The summed E-state index contributed by atoms with van der Waals surface area (Å²) in [5.74, 6) is 0. The van der Waals surface area contributed by atoms with Crippen molar-refractivity contribution < 1.29 is 34.0 Å². The van der Waals surface area contributed by atoms with Crippen LogP contribution in [0.4, 0.5) is 8.78 Å². The highest BCUT2D eigenvalue weighted by Gasteiger charge is 2.12. The monoisotopic (exact) mass is 300 g/mol. The van der Waals surface area contributed by atoms with Crippen LogP contribution < -0.4 is 0 Å². The molecule has 0 aromatic carbocycles. The summed E-state index contributed by atoms with van der Waals surface area (Å²) >= 11 is 0. The molecular formula is C8H6F2O6S2. The summed E-state index contributed by atoms with van der Waals surface area (Å²) in [6.45, 7) is 0. The normalized spacial score (nSPS) is 22.6. The molecule has 100 valence electrons. The molecule has 0 radical (unpaired) electrons. The van der Waals surface area contributed by atoms with Crippen molar-refractivity contribution in [2.24, 2.45) is 0 Å². The van der Waals surface area contributed by atoms with Gasteiger partial charge in [-0.2, -0.15) is 25.6 Å². The molecule has 0 aromatic rings. The topological polar surface area (TPSA) is 86.7 Å². The van der Waals surface area contributed by atoms with Crippen LogP contribution in [-0.2, 0) is 28.6 Å². The Morgan fingerprint density at radius 2 is 1.11 bits per heavy atom. The third kappa shape index (κ3) is 5.10. The molecule has 2 heterocycles. The third-order valence-electron chi connectivity index (χ3n) is 1.34. The second-order valence-electron chi connectivity index (χ2n) is 2.75. The van der Waals surface area contributed by atoms with Crippen LogP contribution in [0.3, 0.4) is 0 Å². The van der Waals surface area contributed by atoms with Gasteiger partial charge in [0.2, 0.25) is 0 Å². The van der Waals surface area contributed by atoms with Gasteiger partial charge in [-0.25, -0.2) is 0 Å². The summed E-state index contributed by atoms with van der Waals surface area (Å²) < 4.78 is 72.4. The van der Waals surface area contributed by atoms with Crippen LogP contribution in [0.25, 0.3) is 0 Å². The van der Waals surface area contributed by atoms with Crippen molar-refractivity contribution in [1.82, 2.24) is 0 Å². The smallest absolute Gasteiger partial charge is 0.334 e. The number of hydrogen-bond acceptors (Lipinski definition) is 6. The van der Waals surface area contributed by atoms with E-state index in [9.17, 15) is 25.6 Å². The summed E-state index contributed by atoms with van der Waals surface area (Å²) in [5.41, 5.74) is 0. The lowest BCUT2D eigenvalue weighted by molar-refractivity contribution is 0.305. The summed E-state index contributed by atoms with van der Waals surface area (Å²) in [6.07, 6.45) is 3.96. The van der Waals surface area contributed by atoms with E-state index in [0.717, 1.165) is 35.1 Å². The maximum atomic E-state index is 11.9. The Labute approximate surface area is 102 Å². The molecule has 0 fully saturated rings. The summed E-state index contributed by atoms with van der Waals surface area (Å²) in [4.78, 5) is 0. The first kappa shape index (κ1) is 14.4. The number of allylic oxidation sites excluding steroid dienone is 4. The second kappa shape index (κ2) is 5.31. The average Bonchev–Trinajstić information content (AvgIpc) is 2.13. The molecule has 18 heavy (non-hydrogen) atoms. The van der Waals surface area contributed by atoms with E-state index in [2.05, 4.69) is 8.37 Å². The van der Waals surface area contributed by atoms with Crippen molar-refractivity contribution in [3.63, 3.8) is 0 Å². The van der Waals surface area contributed by atoms with Gasteiger partial charge in [0.15, 0.2) is 0 Å². The molecule has 0 N–H and O–H groups in total. The first-order valence-corrected chi connectivity index (χ1v) is 7.11. The highest BCUT2D eigenvalue weighted by atomic mass is 32.2. The lowest BCUT2D eigenvalue weighted by atomic mass is 10.6. The molecule has 10 heteroatoms. The van der Waals surface area contributed by atoms with Gasteiger partial charge in [-0.15, -0.1) is 0 Å². The van der Waals surface area contributed by atoms with Crippen LogP contribution in [-0.4, -0.2) is 16.8 Å². The average molecular weight is 300 g/mol. The van der Waals surface area contributed by atoms with Crippen molar-refractivity contribution in [2.75, 3.05) is 0 Å². The van der Waals surface area contributed by atoms with Crippen LogP contribution >= 0.6 is 0 Å². The van der Waals surface area contributed by atoms with Crippen LogP contribution in [0.1, 0.15) is 0 Å². The van der Waals surface area contributed by atoms with Crippen molar-refractivity contribution in [1.29, 1.82) is 0 Å². The van der Waals surface area contributed by atoms with Gasteiger partial charge in [0.1, 0.15) is 0 Å². The van der Waals surface area contributed by atoms with Crippen molar-refractivity contribution in [3.05, 3.63) is 47.1 Å². The van der Waals surface area contributed by atoms with Crippen molar-refractivity contribution in [2.45, 2.75) is 0 Å². The number of halogens is 2. The molecule has 6 nitrogen and oxygen atoms in total. The van der Waals surface area contributed by atoms with Gasteiger partial charge in [0, 0.05) is 12.2 Å². The zero-order valence-corrected chi connectivity index (χ0v) is 10.1. The van der Waals surface area contributed by atoms with Crippen LogP contribution in [0, 0.1) is 0 Å². The van der Waals surface area contributed by atoms with Crippen LogP contribution in [0.15, 0.2) is 47.1 Å². The van der Waals surface area contributed by atoms with Gasteiger partial charge in [-0.1, -0.05) is 0 Å². The highest BCUT2D eigenvalue weighted by Crippen LogP contribution is 2.12. The molecule has 0 aromatic heterocycles. The van der Waals surface area contributed by atoms with Crippen molar-refractivity contribution in [3.8, 4) is 0 Å². The van der Waals surface area contributed by atoms with E-state index < -0.39 is 32.3 Å². The Hall–Kier alpha value is -1.68. The van der Waals surface area contributed by atoms with E-state index in [1.807, 2.05) is 0 Å². The third-order valence-corrected chi connectivity index (χ3v) is 3.10. The molecule has 0 amide bonds. The van der Waals surface area contributed by atoms with Gasteiger partial charge in [0.05, 0.1) is 10.8 Å². The van der Waals surface area contributed by atoms with E-state index in [1.54, 1.807) is 0 Å². The molecule has 0 saturated carbocycles. The zero-order valence-electron chi connectivity index (χ0n) is 8.49. The zero-order chi connectivity index (χ0) is 13.8. The van der Waals surface area contributed by atoms with Gasteiger partial charge >= 0.3 is 20.2 Å². The minimum Gasteiger partial charge on any atom is -0.349 e. The lowest BCUT2D eigenvalue weighted by Gasteiger charge is -2.00. The Balaban J connectivity index is 0.000000180. The molecule has 0 saturated heterocycles. The van der Waals surface area contributed by atoms with Crippen molar-refractivity contribution >= 4 is 20.2 Å². The Morgan fingerprint density at radius 3 is 1.28 bits per heavy atom. The summed E-state index contributed by atoms with van der Waals surface area (Å²) in [5, 5.41) is 1.55. The number of hydrogen-bond donors (Lipinski definition) is 0. The molecule has 0 bridgehead atoms. The maximum absolute atomic E-state index is 11.9. The predicted molar refractivity (Wildman–Crippen MR) is 56.7 cm³/mol. The van der Waals surface area contributed by atoms with Crippen LogP contribution in [0.2, 0.25) is 0 Å². The van der Waals surface area contributed by atoms with Gasteiger partial charge < -0.3 is 8.37 Å². The first-order valence-electron chi connectivity index (χ1n) is 4.17. The summed E-state index contributed by atoms with van der Waals surface area (Å²) in [7, 11) is -7.51. The Morgan fingerprint density at radius 1 is 0.778 bits per heavy atom. The molecule has 0 aliphatic carbocycles. The molecule has 2 aliphatic rings. The predicted octanol–water partition coefficient (Wildman–Crippen LogP) is 1.34. The van der Waals surface area contributed by atoms with Gasteiger partial charge in [-0.05, 0) is 12.2 Å². The van der Waals surface area contributed by atoms with Gasteiger partial charge in [0.25, 0.3) is 12.0 Å². The first-order chi connectivity index (χ1) is 8.20. The fourth-order valence-corrected chi connectivity index (χ4v) is 1.96. The standard InChI is InChI=1S/2C4H3FO3S/c2*5-4-2-1-3-9(6,7)8-4/h2*1-3H. The minimum absolute atomic E-state index is 0.774. The molecule has 0 unspecified atom stereocenters. The molecule has 0 spiro atoms. The highest BCUT2D eigenvalue weighted by molar-refractivity contribution is 7.90. The quantitative estimate of drug-likeness (QED) is 0.627. The maximum Gasteiger partial charge on any atom is 0.334 e. The van der Waals surface area contributed by atoms with Gasteiger partial charge in [-0.3, -0.25) is 0 Å². The Kier molecular flexibility index (Phi) is 4.24. The number of rotatable bonds is 0. The fraction of sp³-hybridized carbons (Fsp3) is 0.